The van der Waals surface area contributed by atoms with Gasteiger partial charge in [0, 0.05) is 17.2 Å². The van der Waals surface area contributed by atoms with Gasteiger partial charge >= 0.3 is 5.91 Å². The molecule has 0 radical (unpaired) electrons. The van der Waals surface area contributed by atoms with Crippen LogP contribution in [0, 0.1) is 6.92 Å². The second-order valence-corrected chi connectivity index (χ2v) is 9.90. The number of aromatic nitrogens is 3. The highest BCUT2D eigenvalue weighted by atomic mass is 35.5. The summed E-state index contributed by atoms with van der Waals surface area (Å²) in [6.45, 7) is 3.93. The first-order valence-electron chi connectivity index (χ1n) is 12.2. The Kier molecular flexibility index (Phi) is 7.06. The molecule has 0 N–H and O–H groups in total. The van der Waals surface area contributed by atoms with Gasteiger partial charge in [-0.2, -0.15) is 9.67 Å². The lowest BCUT2D eigenvalue weighted by molar-refractivity contribution is -0.577. The standard InChI is InChI=1S/C29H24Cl2N4O3/c1-3-8-23-24(28(37)35(32-23)20-12-13-21(30)22(31)15-20)25-26(33-14-7-9-18(2)16-33)29(38)34(27(25)36)17-19-10-5-4-6-11-19/h4-7,9-16H,3,8,17H2,1-2H3. The molecule has 3 heterocycles. The van der Waals surface area contributed by atoms with E-state index in [1.807, 2.05) is 50.2 Å². The number of benzene rings is 2. The van der Waals surface area contributed by atoms with Crippen molar-refractivity contribution < 1.29 is 19.3 Å². The summed E-state index contributed by atoms with van der Waals surface area (Å²) in [5, 5.41) is 19.1. The molecular weight excluding hydrogens is 523 g/mol. The molecule has 0 bridgehead atoms. The van der Waals surface area contributed by atoms with E-state index in [1.54, 1.807) is 41.2 Å². The van der Waals surface area contributed by atoms with E-state index in [4.69, 9.17) is 23.2 Å². The van der Waals surface area contributed by atoms with Gasteiger partial charge in [0.1, 0.15) is 5.57 Å². The highest BCUT2D eigenvalue weighted by Gasteiger charge is 2.46. The van der Waals surface area contributed by atoms with Gasteiger partial charge in [-0.1, -0.05) is 66.9 Å². The summed E-state index contributed by atoms with van der Waals surface area (Å²) in [5.74, 6) is -1.52. The third kappa shape index (κ3) is 4.59. The predicted molar refractivity (Wildman–Crippen MR) is 144 cm³/mol. The maximum atomic E-state index is 14.0. The second-order valence-electron chi connectivity index (χ2n) is 9.08. The Balaban J connectivity index is 1.73. The Morgan fingerprint density at radius 2 is 1.74 bits per heavy atom. The molecule has 9 heteroatoms. The summed E-state index contributed by atoms with van der Waals surface area (Å²) < 4.78 is 2.83. The van der Waals surface area contributed by atoms with Gasteiger partial charge < -0.3 is 5.11 Å². The molecule has 0 fully saturated rings. The van der Waals surface area contributed by atoms with Crippen LogP contribution >= 0.6 is 23.2 Å². The molecule has 0 aliphatic carbocycles. The number of hydrogen-bond donors (Lipinski definition) is 0. The van der Waals surface area contributed by atoms with Gasteiger partial charge in [-0.25, -0.2) is 4.68 Å². The second kappa shape index (κ2) is 10.4. The third-order valence-electron chi connectivity index (χ3n) is 6.33. The fourth-order valence-electron chi connectivity index (χ4n) is 4.57. The van der Waals surface area contributed by atoms with Crippen molar-refractivity contribution in [2.24, 2.45) is 0 Å². The molecule has 2 amide bonds. The van der Waals surface area contributed by atoms with E-state index in [0.717, 1.165) is 11.1 Å². The minimum atomic E-state index is -0.536. The Morgan fingerprint density at radius 3 is 2.42 bits per heavy atom. The zero-order valence-corrected chi connectivity index (χ0v) is 22.3. The average Bonchev–Trinajstić information content (AvgIpc) is 3.34. The highest BCUT2D eigenvalue weighted by Crippen LogP contribution is 2.38. The van der Waals surface area contributed by atoms with Crippen LogP contribution in [-0.4, -0.2) is 26.5 Å². The van der Waals surface area contributed by atoms with Gasteiger partial charge in [0.25, 0.3) is 11.6 Å². The number of pyridine rings is 1. The van der Waals surface area contributed by atoms with Crippen LogP contribution in [0.15, 0.2) is 73.1 Å². The summed E-state index contributed by atoms with van der Waals surface area (Å²) >= 11 is 12.3. The molecular formula is C29H24Cl2N4O3. The largest absolute Gasteiger partial charge is 0.858 e. The number of rotatable bonds is 7. The molecule has 0 unspecified atom stereocenters. The van der Waals surface area contributed by atoms with E-state index in [2.05, 4.69) is 5.10 Å². The lowest BCUT2D eigenvalue weighted by atomic mass is 10.0. The van der Waals surface area contributed by atoms with Crippen molar-refractivity contribution in [3.8, 4) is 11.6 Å². The molecule has 38 heavy (non-hydrogen) atoms. The average molecular weight is 547 g/mol. The molecule has 2 aromatic heterocycles. The first kappa shape index (κ1) is 25.7. The Labute approximate surface area is 230 Å². The fourth-order valence-corrected chi connectivity index (χ4v) is 4.86. The minimum absolute atomic E-state index is 0.0429. The molecule has 7 nitrogen and oxygen atoms in total. The predicted octanol–water partition coefficient (Wildman–Crippen LogP) is 4.74. The fraction of sp³-hybridized carbons (Fsp3) is 0.172. The SMILES string of the molecule is CCCc1nn(-c2ccc(Cl)c(Cl)c2)c([O-])c1C1=C([n+]2cccc(C)c2)C(=O)N(Cc2ccccc2)C1=O. The van der Waals surface area contributed by atoms with Crippen LogP contribution in [0.2, 0.25) is 10.0 Å². The van der Waals surface area contributed by atoms with Gasteiger partial charge in [0.2, 0.25) is 0 Å². The van der Waals surface area contributed by atoms with Crippen molar-refractivity contribution >= 4 is 46.3 Å². The number of carbonyl (C=O) groups is 2. The Hall–Kier alpha value is -3.94. The zero-order valence-electron chi connectivity index (χ0n) is 20.8. The monoisotopic (exact) mass is 546 g/mol. The van der Waals surface area contributed by atoms with E-state index in [-0.39, 0.29) is 28.4 Å². The molecule has 0 atom stereocenters. The summed E-state index contributed by atoms with van der Waals surface area (Å²) in [6.07, 6.45) is 4.59. The third-order valence-corrected chi connectivity index (χ3v) is 7.07. The first-order chi connectivity index (χ1) is 18.3. The number of imide groups is 1. The number of carbonyl (C=O) groups excluding carboxylic acids is 2. The summed E-state index contributed by atoms with van der Waals surface area (Å²) in [5.41, 5.74) is 2.83. The highest BCUT2D eigenvalue weighted by molar-refractivity contribution is 6.45. The van der Waals surface area contributed by atoms with E-state index in [1.165, 1.54) is 9.58 Å². The topological polar surface area (TPSA) is 82.1 Å². The van der Waals surface area contributed by atoms with Crippen molar-refractivity contribution in [1.82, 2.24) is 14.7 Å². The van der Waals surface area contributed by atoms with E-state index in [0.29, 0.717) is 29.2 Å². The van der Waals surface area contributed by atoms with Crippen LogP contribution in [-0.2, 0) is 22.6 Å². The molecule has 1 aliphatic heterocycles. The van der Waals surface area contributed by atoms with E-state index in [9.17, 15) is 14.7 Å². The number of hydrogen-bond acceptors (Lipinski definition) is 4. The summed E-state index contributed by atoms with van der Waals surface area (Å²) in [7, 11) is 0. The summed E-state index contributed by atoms with van der Waals surface area (Å²) in [4.78, 5) is 29.0. The van der Waals surface area contributed by atoms with Gasteiger partial charge in [0.05, 0.1) is 28.0 Å². The maximum absolute atomic E-state index is 14.0. The smallest absolute Gasteiger partial charge is 0.327 e. The molecule has 4 aromatic rings. The molecule has 0 spiro atoms. The molecule has 0 saturated carbocycles. The van der Waals surface area contributed by atoms with Crippen LogP contribution in [0.4, 0.5) is 0 Å². The Bertz CT molecular complexity index is 1590. The molecule has 2 aromatic carbocycles. The van der Waals surface area contributed by atoms with Crippen molar-refractivity contribution in [3.05, 3.63) is 105 Å². The number of aryl methyl sites for hydroxylation is 2. The van der Waals surface area contributed by atoms with Gasteiger partial charge in [-0.05, 0) is 49.1 Å². The number of halogens is 2. The van der Waals surface area contributed by atoms with Crippen molar-refractivity contribution in [2.45, 2.75) is 33.2 Å². The first-order valence-corrected chi connectivity index (χ1v) is 12.9. The van der Waals surface area contributed by atoms with Crippen LogP contribution < -0.4 is 9.67 Å². The lowest BCUT2D eigenvalue weighted by Crippen LogP contribution is -2.39. The van der Waals surface area contributed by atoms with Gasteiger partial charge in [0.15, 0.2) is 12.4 Å². The number of nitrogens with zero attached hydrogens (tertiary/aromatic N) is 4. The number of amides is 2. The molecule has 0 saturated heterocycles. The quantitative estimate of drug-likeness (QED) is 0.247. The van der Waals surface area contributed by atoms with Crippen LogP contribution in [0.3, 0.4) is 0 Å². The molecule has 1 aliphatic rings. The summed E-state index contributed by atoms with van der Waals surface area (Å²) in [6, 6.07) is 17.7. The minimum Gasteiger partial charge on any atom is -0.858 e. The van der Waals surface area contributed by atoms with Crippen molar-refractivity contribution in [2.75, 3.05) is 0 Å². The zero-order chi connectivity index (χ0) is 27.0. The normalized spacial score (nSPS) is 13.6. The van der Waals surface area contributed by atoms with Crippen molar-refractivity contribution in [3.63, 3.8) is 0 Å². The van der Waals surface area contributed by atoms with Gasteiger partial charge in [-0.3, -0.25) is 14.5 Å². The maximum Gasteiger partial charge on any atom is 0.327 e. The molecule has 5 rings (SSSR count). The van der Waals surface area contributed by atoms with Gasteiger partial charge in [-0.15, -0.1) is 0 Å². The Morgan fingerprint density at radius 1 is 0.974 bits per heavy atom. The van der Waals surface area contributed by atoms with E-state index >= 15 is 0 Å². The molecule has 192 valence electrons. The van der Waals surface area contributed by atoms with E-state index < -0.39 is 17.7 Å². The lowest BCUT2D eigenvalue weighted by Gasteiger charge is -2.16. The van der Waals surface area contributed by atoms with Crippen LogP contribution in [0.5, 0.6) is 5.88 Å². The van der Waals surface area contributed by atoms with Crippen molar-refractivity contribution in [1.29, 1.82) is 0 Å². The van der Waals surface area contributed by atoms with Crippen LogP contribution in [0.1, 0.15) is 35.7 Å². The van der Waals surface area contributed by atoms with Crippen LogP contribution in [0.25, 0.3) is 17.0 Å².